The molecule has 0 unspecified atom stereocenters. The zero-order valence-electron chi connectivity index (χ0n) is 13.9. The van der Waals surface area contributed by atoms with E-state index in [4.69, 9.17) is 23.2 Å². The molecule has 0 bridgehead atoms. The van der Waals surface area contributed by atoms with Crippen molar-refractivity contribution in [3.05, 3.63) is 70.0 Å². The van der Waals surface area contributed by atoms with Crippen LogP contribution in [0.15, 0.2) is 53.7 Å². The van der Waals surface area contributed by atoms with Crippen molar-refractivity contribution in [3.63, 3.8) is 0 Å². The van der Waals surface area contributed by atoms with Gasteiger partial charge in [0.1, 0.15) is 5.82 Å². The Morgan fingerprint density at radius 3 is 2.69 bits per heavy atom. The molecular weight excluding hydrogens is 391 g/mol. The zero-order chi connectivity index (χ0) is 18.5. The lowest BCUT2D eigenvalue weighted by atomic mass is 10.1. The van der Waals surface area contributed by atoms with E-state index in [1.54, 1.807) is 18.2 Å². The van der Waals surface area contributed by atoms with Crippen LogP contribution < -0.4 is 5.32 Å². The van der Waals surface area contributed by atoms with Gasteiger partial charge in [0.2, 0.25) is 5.91 Å². The fourth-order valence-corrected chi connectivity index (χ4v) is 3.38. The lowest BCUT2D eigenvalue weighted by molar-refractivity contribution is -0.113. The van der Waals surface area contributed by atoms with E-state index in [-0.39, 0.29) is 11.7 Å². The molecule has 0 aliphatic heterocycles. The fraction of sp³-hybridized carbons (Fsp3) is 0.167. The SMILES string of the molecule is Cn1c(Cc2ccccc2)nnc1SCC(=O)Nc1cc(Cl)ccc1Cl. The highest BCUT2D eigenvalue weighted by molar-refractivity contribution is 7.99. The van der Waals surface area contributed by atoms with Gasteiger partial charge in [-0.15, -0.1) is 10.2 Å². The third-order valence-corrected chi connectivity index (χ3v) is 5.25. The number of nitrogens with zero attached hydrogens (tertiary/aromatic N) is 3. The number of carbonyl (C=O) groups is 1. The minimum atomic E-state index is -0.188. The predicted octanol–water partition coefficient (Wildman–Crippen LogP) is 4.44. The van der Waals surface area contributed by atoms with Crippen LogP contribution in [0.3, 0.4) is 0 Å². The maximum Gasteiger partial charge on any atom is 0.234 e. The Bertz CT molecular complexity index is 915. The number of aromatic nitrogens is 3. The van der Waals surface area contributed by atoms with Crippen LogP contribution in [-0.2, 0) is 18.3 Å². The van der Waals surface area contributed by atoms with E-state index in [9.17, 15) is 4.79 Å². The van der Waals surface area contributed by atoms with Crippen molar-refractivity contribution in [1.82, 2.24) is 14.8 Å². The van der Waals surface area contributed by atoms with Crippen LogP contribution in [0.2, 0.25) is 10.0 Å². The number of rotatable bonds is 6. The summed E-state index contributed by atoms with van der Waals surface area (Å²) in [4.78, 5) is 12.2. The number of amides is 1. The summed E-state index contributed by atoms with van der Waals surface area (Å²) >= 11 is 13.3. The Labute approximate surface area is 165 Å². The minimum Gasteiger partial charge on any atom is -0.324 e. The molecule has 0 aliphatic carbocycles. The number of benzene rings is 2. The van der Waals surface area contributed by atoms with Crippen molar-refractivity contribution in [1.29, 1.82) is 0 Å². The van der Waals surface area contributed by atoms with Crippen LogP contribution in [0, 0.1) is 0 Å². The fourth-order valence-electron chi connectivity index (χ4n) is 2.31. The Morgan fingerprint density at radius 2 is 1.92 bits per heavy atom. The second-order valence-corrected chi connectivity index (χ2v) is 7.37. The van der Waals surface area contributed by atoms with Crippen molar-refractivity contribution in [3.8, 4) is 0 Å². The summed E-state index contributed by atoms with van der Waals surface area (Å²) in [7, 11) is 1.90. The summed E-state index contributed by atoms with van der Waals surface area (Å²) in [6, 6.07) is 15.0. The summed E-state index contributed by atoms with van der Waals surface area (Å²) in [6.07, 6.45) is 0.690. The molecule has 1 amide bonds. The average molecular weight is 407 g/mol. The second-order valence-electron chi connectivity index (χ2n) is 5.58. The van der Waals surface area contributed by atoms with Crippen LogP contribution >= 0.6 is 35.0 Å². The first kappa shape index (κ1) is 18.8. The van der Waals surface area contributed by atoms with Gasteiger partial charge in [-0.3, -0.25) is 4.79 Å². The Kier molecular flexibility index (Phi) is 6.19. The van der Waals surface area contributed by atoms with Gasteiger partial charge in [0.15, 0.2) is 5.16 Å². The van der Waals surface area contributed by atoms with E-state index >= 15 is 0 Å². The average Bonchev–Trinajstić information content (AvgIpc) is 2.97. The molecular formula is C18H16Cl2N4OS. The summed E-state index contributed by atoms with van der Waals surface area (Å²) in [5.74, 6) is 0.851. The molecule has 3 aromatic rings. The van der Waals surface area contributed by atoms with Crippen molar-refractivity contribution in [2.24, 2.45) is 7.05 Å². The molecule has 26 heavy (non-hydrogen) atoms. The maximum atomic E-state index is 12.2. The lowest BCUT2D eigenvalue weighted by Gasteiger charge is -2.07. The van der Waals surface area contributed by atoms with Gasteiger partial charge in [-0.25, -0.2) is 0 Å². The van der Waals surface area contributed by atoms with E-state index in [0.717, 1.165) is 11.4 Å². The molecule has 1 heterocycles. The molecule has 0 atom stereocenters. The van der Waals surface area contributed by atoms with Gasteiger partial charge in [0.05, 0.1) is 16.5 Å². The molecule has 0 aliphatic rings. The van der Waals surface area contributed by atoms with E-state index < -0.39 is 0 Å². The highest BCUT2D eigenvalue weighted by atomic mass is 35.5. The van der Waals surface area contributed by atoms with Crippen molar-refractivity contribution in [2.45, 2.75) is 11.6 Å². The number of hydrogen-bond donors (Lipinski definition) is 1. The van der Waals surface area contributed by atoms with Gasteiger partial charge in [-0.05, 0) is 23.8 Å². The summed E-state index contributed by atoms with van der Waals surface area (Å²) in [6.45, 7) is 0. The van der Waals surface area contributed by atoms with Crippen molar-refractivity contribution in [2.75, 3.05) is 11.1 Å². The molecule has 134 valence electrons. The molecule has 1 N–H and O–H groups in total. The molecule has 8 heteroatoms. The molecule has 0 radical (unpaired) electrons. The van der Waals surface area contributed by atoms with Gasteiger partial charge < -0.3 is 9.88 Å². The quantitative estimate of drug-likeness (QED) is 0.614. The van der Waals surface area contributed by atoms with Gasteiger partial charge in [0, 0.05) is 18.5 Å². The Balaban J connectivity index is 1.59. The van der Waals surface area contributed by atoms with E-state index in [1.165, 1.54) is 11.8 Å². The monoisotopic (exact) mass is 406 g/mol. The standard InChI is InChI=1S/C18H16Cl2N4OS/c1-24-16(9-12-5-3-2-4-6-12)22-23-18(24)26-11-17(25)21-15-10-13(19)7-8-14(15)20/h2-8,10H,9,11H2,1H3,(H,21,25). The molecule has 0 saturated carbocycles. The number of carbonyl (C=O) groups excluding carboxylic acids is 1. The van der Waals surface area contributed by atoms with Crippen LogP contribution in [0.25, 0.3) is 0 Å². The number of hydrogen-bond acceptors (Lipinski definition) is 4. The second kappa shape index (κ2) is 8.58. The largest absolute Gasteiger partial charge is 0.324 e. The topological polar surface area (TPSA) is 59.8 Å². The van der Waals surface area contributed by atoms with Gasteiger partial charge in [0.25, 0.3) is 0 Å². The van der Waals surface area contributed by atoms with Crippen LogP contribution in [0.4, 0.5) is 5.69 Å². The Morgan fingerprint density at radius 1 is 1.15 bits per heavy atom. The van der Waals surface area contributed by atoms with Crippen LogP contribution in [-0.4, -0.2) is 26.4 Å². The van der Waals surface area contributed by atoms with E-state index in [0.29, 0.717) is 27.3 Å². The minimum absolute atomic E-state index is 0.188. The molecule has 3 rings (SSSR count). The highest BCUT2D eigenvalue weighted by Crippen LogP contribution is 2.26. The van der Waals surface area contributed by atoms with Gasteiger partial charge in [-0.2, -0.15) is 0 Å². The summed E-state index contributed by atoms with van der Waals surface area (Å²) in [5, 5.41) is 12.8. The first-order valence-electron chi connectivity index (χ1n) is 7.83. The normalized spacial score (nSPS) is 10.7. The van der Waals surface area contributed by atoms with E-state index in [2.05, 4.69) is 15.5 Å². The van der Waals surface area contributed by atoms with Gasteiger partial charge in [-0.1, -0.05) is 65.3 Å². The number of nitrogens with one attached hydrogen (secondary N) is 1. The van der Waals surface area contributed by atoms with Crippen molar-refractivity contribution < 1.29 is 4.79 Å². The van der Waals surface area contributed by atoms with Crippen LogP contribution in [0.1, 0.15) is 11.4 Å². The summed E-state index contributed by atoms with van der Waals surface area (Å²) < 4.78 is 1.90. The third kappa shape index (κ3) is 4.78. The third-order valence-electron chi connectivity index (χ3n) is 3.67. The maximum absolute atomic E-state index is 12.2. The first-order chi connectivity index (χ1) is 12.5. The smallest absolute Gasteiger partial charge is 0.234 e. The van der Waals surface area contributed by atoms with Crippen molar-refractivity contribution >= 4 is 46.6 Å². The predicted molar refractivity (Wildman–Crippen MR) is 106 cm³/mol. The number of thioether (sulfide) groups is 1. The highest BCUT2D eigenvalue weighted by Gasteiger charge is 2.13. The molecule has 1 aromatic heterocycles. The summed E-state index contributed by atoms with van der Waals surface area (Å²) in [5.41, 5.74) is 1.65. The molecule has 2 aromatic carbocycles. The molecule has 0 fully saturated rings. The van der Waals surface area contributed by atoms with Gasteiger partial charge >= 0.3 is 0 Å². The lowest BCUT2D eigenvalue weighted by Crippen LogP contribution is -2.14. The van der Waals surface area contributed by atoms with Crippen LogP contribution in [0.5, 0.6) is 0 Å². The zero-order valence-corrected chi connectivity index (χ0v) is 16.3. The Hall–Kier alpha value is -2.02. The molecule has 0 saturated heterocycles. The van der Waals surface area contributed by atoms with E-state index in [1.807, 2.05) is 41.9 Å². The first-order valence-corrected chi connectivity index (χ1v) is 9.57. The number of halogens is 2. The number of anilines is 1. The molecule has 5 nitrogen and oxygen atoms in total. The molecule has 0 spiro atoms.